The molecule has 0 aliphatic heterocycles. The third kappa shape index (κ3) is 6.16. The van der Waals surface area contributed by atoms with Gasteiger partial charge < -0.3 is 9.47 Å². The van der Waals surface area contributed by atoms with Gasteiger partial charge in [0.15, 0.2) is 5.78 Å². The summed E-state index contributed by atoms with van der Waals surface area (Å²) in [4.78, 5) is 36.6. The molecule has 0 bridgehead atoms. The van der Waals surface area contributed by atoms with Crippen molar-refractivity contribution in [2.45, 2.75) is 64.2 Å². The minimum atomic E-state index is -0.307. The van der Waals surface area contributed by atoms with Crippen LogP contribution in [0.5, 0.6) is 11.5 Å². The number of benzene rings is 1. The molecule has 2 fully saturated rings. The van der Waals surface area contributed by atoms with Crippen molar-refractivity contribution < 1.29 is 23.9 Å². The Bertz CT molecular complexity index is 667. The van der Waals surface area contributed by atoms with Crippen LogP contribution in [-0.2, 0) is 9.59 Å². The molecule has 0 heterocycles. The highest BCUT2D eigenvalue weighted by molar-refractivity contribution is 9.09. The summed E-state index contributed by atoms with van der Waals surface area (Å²) in [6.07, 6.45) is 9.64. The van der Waals surface area contributed by atoms with Gasteiger partial charge in [-0.1, -0.05) is 41.6 Å². The van der Waals surface area contributed by atoms with E-state index in [4.69, 9.17) is 9.47 Å². The number of esters is 2. The molecular formula is C22H27BrO5. The van der Waals surface area contributed by atoms with E-state index in [1.54, 1.807) is 0 Å². The van der Waals surface area contributed by atoms with Gasteiger partial charge in [-0.2, -0.15) is 0 Å². The third-order valence-corrected chi connectivity index (χ3v) is 6.16. The van der Waals surface area contributed by atoms with Gasteiger partial charge in [0.25, 0.3) is 0 Å². The van der Waals surface area contributed by atoms with Crippen molar-refractivity contribution in [3.63, 3.8) is 0 Å². The zero-order chi connectivity index (χ0) is 19.9. The second kappa shape index (κ2) is 10.2. The fourth-order valence-corrected chi connectivity index (χ4v) is 4.50. The van der Waals surface area contributed by atoms with Gasteiger partial charge >= 0.3 is 11.9 Å². The Hall–Kier alpha value is -1.69. The van der Waals surface area contributed by atoms with E-state index in [9.17, 15) is 14.4 Å². The molecule has 5 nitrogen and oxygen atoms in total. The maximum atomic E-state index is 12.3. The molecule has 2 aliphatic carbocycles. The smallest absolute Gasteiger partial charge is 0.311 e. The number of rotatable bonds is 8. The Labute approximate surface area is 174 Å². The van der Waals surface area contributed by atoms with Crippen LogP contribution < -0.4 is 9.47 Å². The van der Waals surface area contributed by atoms with E-state index < -0.39 is 0 Å². The van der Waals surface area contributed by atoms with Crippen molar-refractivity contribution in [2.75, 3.05) is 5.33 Å². The quantitative estimate of drug-likeness (QED) is 0.234. The summed E-state index contributed by atoms with van der Waals surface area (Å²) in [5.74, 6) is 0.475. The van der Waals surface area contributed by atoms with Crippen LogP contribution in [-0.4, -0.2) is 23.1 Å². The lowest BCUT2D eigenvalue weighted by Gasteiger charge is -2.12. The zero-order valence-electron chi connectivity index (χ0n) is 16.1. The molecular weight excluding hydrogens is 424 g/mol. The van der Waals surface area contributed by atoms with Crippen LogP contribution in [0.3, 0.4) is 0 Å². The number of carbonyl (C=O) groups excluding carboxylic acids is 3. The molecule has 2 saturated carbocycles. The highest BCUT2D eigenvalue weighted by Crippen LogP contribution is 2.31. The highest BCUT2D eigenvalue weighted by atomic mass is 79.9. The van der Waals surface area contributed by atoms with Gasteiger partial charge in [-0.3, -0.25) is 14.4 Å². The molecule has 6 heteroatoms. The van der Waals surface area contributed by atoms with E-state index in [0.717, 1.165) is 51.4 Å². The number of alkyl halides is 1. The predicted octanol–water partition coefficient (Wildman–Crippen LogP) is 5.24. The second-order valence-electron chi connectivity index (χ2n) is 7.91. The fraction of sp³-hybridized carbons (Fsp3) is 0.591. The molecule has 1 aromatic carbocycles. The third-order valence-electron chi connectivity index (χ3n) is 5.65. The molecule has 28 heavy (non-hydrogen) atoms. The SMILES string of the molecule is O=C(CC1CCCC1)Oc1cc(OC(=O)CC2CCCC2)cc(C(=O)CBr)c1. The first kappa shape index (κ1) is 21.0. The van der Waals surface area contributed by atoms with Gasteiger partial charge in [0.05, 0.1) is 5.33 Å². The lowest BCUT2D eigenvalue weighted by atomic mass is 10.0. The summed E-state index contributed by atoms with van der Waals surface area (Å²) in [6, 6.07) is 4.58. The van der Waals surface area contributed by atoms with E-state index in [0.29, 0.717) is 30.2 Å². The Morgan fingerprint density at radius 1 is 0.786 bits per heavy atom. The molecule has 0 spiro atoms. The van der Waals surface area contributed by atoms with Crippen molar-refractivity contribution in [3.05, 3.63) is 23.8 Å². The summed E-state index contributed by atoms with van der Waals surface area (Å²) < 4.78 is 10.9. The molecule has 0 saturated heterocycles. The Balaban J connectivity index is 1.67. The summed E-state index contributed by atoms with van der Waals surface area (Å²) in [7, 11) is 0. The van der Waals surface area contributed by atoms with Crippen LogP contribution in [0.4, 0.5) is 0 Å². The van der Waals surface area contributed by atoms with Crippen LogP contribution in [0.2, 0.25) is 0 Å². The van der Waals surface area contributed by atoms with Gasteiger partial charge in [0.1, 0.15) is 11.5 Å². The van der Waals surface area contributed by atoms with Crippen LogP contribution in [0, 0.1) is 11.8 Å². The molecule has 0 aromatic heterocycles. The molecule has 0 radical (unpaired) electrons. The normalized spacial score (nSPS) is 17.6. The Morgan fingerprint density at radius 2 is 1.21 bits per heavy atom. The number of ether oxygens (including phenoxy) is 2. The van der Waals surface area contributed by atoms with Crippen molar-refractivity contribution in [2.24, 2.45) is 11.8 Å². The van der Waals surface area contributed by atoms with Gasteiger partial charge in [-0.05, 0) is 49.7 Å². The van der Waals surface area contributed by atoms with Crippen molar-refractivity contribution >= 4 is 33.7 Å². The second-order valence-corrected chi connectivity index (χ2v) is 8.47. The fourth-order valence-electron chi connectivity index (χ4n) is 4.17. The largest absolute Gasteiger partial charge is 0.426 e. The summed E-state index contributed by atoms with van der Waals surface area (Å²) in [5.41, 5.74) is 0.353. The average molecular weight is 451 g/mol. The van der Waals surface area contributed by atoms with E-state index in [1.807, 2.05) is 0 Å². The molecule has 0 unspecified atom stereocenters. The first-order valence-corrected chi connectivity index (χ1v) is 11.3. The van der Waals surface area contributed by atoms with Gasteiger partial charge in [0.2, 0.25) is 0 Å². The van der Waals surface area contributed by atoms with Gasteiger partial charge in [-0.15, -0.1) is 0 Å². The monoisotopic (exact) mass is 450 g/mol. The van der Waals surface area contributed by atoms with Crippen LogP contribution >= 0.6 is 15.9 Å². The number of carbonyl (C=O) groups is 3. The van der Waals surface area contributed by atoms with Gasteiger partial charge in [0, 0.05) is 24.5 Å². The van der Waals surface area contributed by atoms with Crippen molar-refractivity contribution in [1.82, 2.24) is 0 Å². The number of halogens is 1. The Morgan fingerprint density at radius 3 is 1.61 bits per heavy atom. The summed E-state index contributed by atoms with van der Waals surface area (Å²) in [6.45, 7) is 0. The van der Waals surface area contributed by atoms with E-state index in [2.05, 4.69) is 15.9 Å². The Kier molecular flexibility index (Phi) is 7.65. The minimum Gasteiger partial charge on any atom is -0.426 e. The maximum Gasteiger partial charge on any atom is 0.311 e. The number of Topliss-reactive ketones (excluding diaryl/α,β-unsaturated/α-hetero) is 1. The minimum absolute atomic E-state index is 0.141. The maximum absolute atomic E-state index is 12.3. The highest BCUT2D eigenvalue weighted by Gasteiger charge is 2.22. The summed E-state index contributed by atoms with van der Waals surface area (Å²) >= 11 is 3.15. The first-order chi connectivity index (χ1) is 13.5. The lowest BCUT2D eigenvalue weighted by Crippen LogP contribution is -2.15. The molecule has 0 N–H and O–H groups in total. The van der Waals surface area contributed by atoms with Gasteiger partial charge in [-0.25, -0.2) is 0 Å². The summed E-state index contributed by atoms with van der Waals surface area (Å²) in [5, 5.41) is 0.141. The van der Waals surface area contributed by atoms with Crippen LogP contribution in [0.25, 0.3) is 0 Å². The molecule has 0 atom stereocenters. The van der Waals surface area contributed by atoms with E-state index >= 15 is 0 Å². The predicted molar refractivity (Wildman–Crippen MR) is 109 cm³/mol. The zero-order valence-corrected chi connectivity index (χ0v) is 17.7. The average Bonchev–Trinajstić information content (AvgIpc) is 3.34. The molecule has 2 aliphatic rings. The number of hydrogen-bond donors (Lipinski definition) is 0. The van der Waals surface area contributed by atoms with E-state index in [1.165, 1.54) is 18.2 Å². The molecule has 1 aromatic rings. The number of ketones is 1. The topological polar surface area (TPSA) is 69.7 Å². The van der Waals surface area contributed by atoms with Crippen LogP contribution in [0.15, 0.2) is 18.2 Å². The van der Waals surface area contributed by atoms with Crippen LogP contribution in [0.1, 0.15) is 74.6 Å². The molecule has 3 rings (SSSR count). The first-order valence-electron chi connectivity index (χ1n) is 10.2. The lowest BCUT2D eigenvalue weighted by molar-refractivity contribution is -0.135. The molecule has 152 valence electrons. The van der Waals surface area contributed by atoms with E-state index in [-0.39, 0.29) is 34.6 Å². The number of hydrogen-bond acceptors (Lipinski definition) is 5. The standard InChI is InChI=1S/C22H27BrO5/c23-14-20(24)17-11-18(27-21(25)9-15-5-1-2-6-15)13-19(12-17)28-22(26)10-16-7-3-4-8-16/h11-13,15-16H,1-10,14H2. The van der Waals surface area contributed by atoms with Crippen molar-refractivity contribution in [1.29, 1.82) is 0 Å². The molecule has 0 amide bonds. The van der Waals surface area contributed by atoms with Crippen molar-refractivity contribution in [3.8, 4) is 11.5 Å².